The number of H-pyrrole nitrogens is 1. The fourth-order valence-electron chi connectivity index (χ4n) is 3.39. The van der Waals surface area contributed by atoms with Crippen molar-refractivity contribution < 1.29 is 4.39 Å². The van der Waals surface area contributed by atoms with Crippen LogP contribution in [0.5, 0.6) is 0 Å². The Kier molecular flexibility index (Phi) is 4.48. The van der Waals surface area contributed by atoms with E-state index in [0.29, 0.717) is 12.0 Å². The number of aromatic amines is 1. The van der Waals surface area contributed by atoms with Crippen LogP contribution in [0.1, 0.15) is 49.3 Å². The molecular formula is C18H22FN3O. The Balaban J connectivity index is 1.62. The van der Waals surface area contributed by atoms with Crippen molar-refractivity contribution in [2.45, 2.75) is 44.2 Å². The predicted molar refractivity (Wildman–Crippen MR) is 89.8 cm³/mol. The molecule has 0 bridgehead atoms. The van der Waals surface area contributed by atoms with Crippen LogP contribution in [0.2, 0.25) is 0 Å². The summed E-state index contributed by atoms with van der Waals surface area (Å²) in [5.41, 5.74) is 7.95. The van der Waals surface area contributed by atoms with Crippen molar-refractivity contribution in [3.63, 3.8) is 0 Å². The number of hydrogen-bond donors (Lipinski definition) is 3. The van der Waals surface area contributed by atoms with Gasteiger partial charge >= 0.3 is 0 Å². The minimum Gasteiger partial charge on any atom is -0.396 e. The van der Waals surface area contributed by atoms with E-state index in [2.05, 4.69) is 17.2 Å². The third kappa shape index (κ3) is 3.62. The van der Waals surface area contributed by atoms with Gasteiger partial charge in [0.05, 0.1) is 5.69 Å². The fraction of sp³-hybridized carbons (Fsp3) is 0.389. The Morgan fingerprint density at radius 1 is 1.30 bits per heavy atom. The highest BCUT2D eigenvalue weighted by Gasteiger charge is 2.27. The number of halogens is 1. The van der Waals surface area contributed by atoms with Crippen molar-refractivity contribution in [2.75, 3.05) is 5.73 Å². The number of anilines is 1. The molecule has 1 aromatic heterocycles. The van der Waals surface area contributed by atoms with Gasteiger partial charge < -0.3 is 16.0 Å². The Bertz CT molecular complexity index is 723. The molecule has 2 aromatic rings. The number of benzene rings is 1. The molecule has 0 aliphatic heterocycles. The predicted octanol–water partition coefficient (Wildman–Crippen LogP) is 3.08. The van der Waals surface area contributed by atoms with E-state index in [1.807, 2.05) is 12.3 Å². The number of nitrogen functional groups attached to an aromatic ring is 1. The first kappa shape index (κ1) is 15.7. The third-order valence-corrected chi connectivity index (χ3v) is 4.72. The summed E-state index contributed by atoms with van der Waals surface area (Å²) in [5, 5.41) is 3.60. The molecular weight excluding hydrogens is 293 g/mol. The molecule has 122 valence electrons. The molecule has 0 radical (unpaired) electrons. The SMILES string of the molecule is CC(NC1CCC(c2ccc(=O)[nH]c2)C1)c1ccc(F)c(N)c1. The van der Waals surface area contributed by atoms with Crippen LogP contribution in [-0.4, -0.2) is 11.0 Å². The van der Waals surface area contributed by atoms with Gasteiger partial charge in [0.1, 0.15) is 5.82 Å². The lowest BCUT2D eigenvalue weighted by Gasteiger charge is -2.20. The average molecular weight is 315 g/mol. The van der Waals surface area contributed by atoms with Crippen LogP contribution in [0.25, 0.3) is 0 Å². The van der Waals surface area contributed by atoms with Crippen LogP contribution < -0.4 is 16.6 Å². The van der Waals surface area contributed by atoms with Gasteiger partial charge in [-0.1, -0.05) is 12.1 Å². The van der Waals surface area contributed by atoms with Gasteiger partial charge in [-0.05, 0) is 55.4 Å². The van der Waals surface area contributed by atoms with Gasteiger partial charge in [0.2, 0.25) is 5.56 Å². The molecule has 1 aliphatic rings. The molecule has 3 atom stereocenters. The summed E-state index contributed by atoms with van der Waals surface area (Å²) in [7, 11) is 0. The topological polar surface area (TPSA) is 70.9 Å². The normalized spacial score (nSPS) is 22.2. The summed E-state index contributed by atoms with van der Waals surface area (Å²) in [5.74, 6) is 0.0924. The number of hydrogen-bond acceptors (Lipinski definition) is 3. The zero-order valence-corrected chi connectivity index (χ0v) is 13.2. The van der Waals surface area contributed by atoms with Crippen LogP contribution in [0.4, 0.5) is 10.1 Å². The van der Waals surface area contributed by atoms with Crippen LogP contribution in [-0.2, 0) is 0 Å². The number of aromatic nitrogens is 1. The molecule has 4 N–H and O–H groups in total. The lowest BCUT2D eigenvalue weighted by Crippen LogP contribution is -2.29. The lowest BCUT2D eigenvalue weighted by molar-refractivity contribution is 0.457. The summed E-state index contributed by atoms with van der Waals surface area (Å²) < 4.78 is 13.3. The van der Waals surface area contributed by atoms with Crippen LogP contribution in [0.3, 0.4) is 0 Å². The maximum absolute atomic E-state index is 13.3. The van der Waals surface area contributed by atoms with Crippen molar-refractivity contribution in [3.05, 3.63) is 63.8 Å². The van der Waals surface area contributed by atoms with Gasteiger partial charge in [-0.15, -0.1) is 0 Å². The van der Waals surface area contributed by atoms with Crippen LogP contribution in [0.15, 0.2) is 41.3 Å². The van der Waals surface area contributed by atoms with E-state index in [0.717, 1.165) is 24.8 Å². The van der Waals surface area contributed by atoms with E-state index in [1.165, 1.54) is 11.6 Å². The van der Waals surface area contributed by atoms with E-state index < -0.39 is 0 Å². The van der Waals surface area contributed by atoms with Crippen molar-refractivity contribution in [2.24, 2.45) is 0 Å². The van der Waals surface area contributed by atoms with Crippen LogP contribution >= 0.6 is 0 Å². The number of nitrogens with one attached hydrogen (secondary N) is 2. The van der Waals surface area contributed by atoms with E-state index in [9.17, 15) is 9.18 Å². The summed E-state index contributed by atoms with van der Waals surface area (Å²) in [4.78, 5) is 13.9. The van der Waals surface area contributed by atoms with Crippen molar-refractivity contribution in [1.29, 1.82) is 0 Å². The summed E-state index contributed by atoms with van der Waals surface area (Å²) in [6.45, 7) is 2.07. The monoisotopic (exact) mass is 315 g/mol. The molecule has 23 heavy (non-hydrogen) atoms. The van der Waals surface area contributed by atoms with Gasteiger partial charge in [0.15, 0.2) is 0 Å². The number of nitrogens with two attached hydrogens (primary N) is 1. The number of pyridine rings is 1. The highest BCUT2D eigenvalue weighted by Crippen LogP contribution is 2.35. The first-order valence-corrected chi connectivity index (χ1v) is 8.02. The summed E-state index contributed by atoms with van der Waals surface area (Å²) in [6, 6.07) is 8.92. The summed E-state index contributed by atoms with van der Waals surface area (Å²) >= 11 is 0. The maximum atomic E-state index is 13.3. The molecule has 1 heterocycles. The molecule has 0 amide bonds. The molecule has 1 aromatic carbocycles. The first-order valence-electron chi connectivity index (χ1n) is 8.02. The quantitative estimate of drug-likeness (QED) is 0.759. The van der Waals surface area contributed by atoms with Crippen molar-refractivity contribution in [3.8, 4) is 0 Å². The molecule has 5 heteroatoms. The van der Waals surface area contributed by atoms with E-state index >= 15 is 0 Å². The van der Waals surface area contributed by atoms with E-state index in [1.54, 1.807) is 18.2 Å². The Morgan fingerprint density at radius 2 is 2.13 bits per heavy atom. The summed E-state index contributed by atoms with van der Waals surface area (Å²) in [6.07, 6.45) is 5.04. The molecule has 1 aliphatic carbocycles. The minimum absolute atomic E-state index is 0.0658. The molecule has 0 spiro atoms. The zero-order chi connectivity index (χ0) is 16.4. The molecule has 1 fully saturated rings. The third-order valence-electron chi connectivity index (χ3n) is 4.72. The second-order valence-corrected chi connectivity index (χ2v) is 6.36. The zero-order valence-electron chi connectivity index (χ0n) is 13.2. The van der Waals surface area contributed by atoms with E-state index in [-0.39, 0.29) is 23.1 Å². The van der Waals surface area contributed by atoms with Gasteiger partial charge in [-0.3, -0.25) is 4.79 Å². The fourth-order valence-corrected chi connectivity index (χ4v) is 3.39. The Morgan fingerprint density at radius 3 is 2.83 bits per heavy atom. The Hall–Kier alpha value is -2.14. The molecule has 1 saturated carbocycles. The van der Waals surface area contributed by atoms with Gasteiger partial charge in [-0.2, -0.15) is 0 Å². The highest BCUT2D eigenvalue weighted by atomic mass is 19.1. The van der Waals surface area contributed by atoms with Crippen molar-refractivity contribution in [1.82, 2.24) is 10.3 Å². The smallest absolute Gasteiger partial charge is 0.247 e. The maximum Gasteiger partial charge on any atom is 0.247 e. The second-order valence-electron chi connectivity index (χ2n) is 6.36. The van der Waals surface area contributed by atoms with Crippen LogP contribution in [0, 0.1) is 5.82 Å². The van der Waals surface area contributed by atoms with Gasteiger partial charge in [-0.25, -0.2) is 4.39 Å². The molecule has 3 rings (SSSR count). The largest absolute Gasteiger partial charge is 0.396 e. The average Bonchev–Trinajstić information content (AvgIpc) is 2.99. The number of rotatable bonds is 4. The van der Waals surface area contributed by atoms with Crippen molar-refractivity contribution >= 4 is 5.69 Å². The molecule has 0 saturated heterocycles. The molecule has 3 unspecified atom stereocenters. The van der Waals surface area contributed by atoms with E-state index in [4.69, 9.17) is 5.73 Å². The standard InChI is InChI=1S/C18H22FN3O/c1-11(12-3-6-16(19)17(20)9-12)22-15-5-2-13(8-15)14-4-7-18(23)21-10-14/h3-4,6-7,9-11,13,15,22H,2,5,8,20H2,1H3,(H,21,23). The Labute approximate surface area is 134 Å². The minimum atomic E-state index is -0.375. The highest BCUT2D eigenvalue weighted by molar-refractivity contribution is 5.43. The second kappa shape index (κ2) is 6.54. The lowest BCUT2D eigenvalue weighted by atomic mass is 9.99. The van der Waals surface area contributed by atoms with Gasteiger partial charge in [0, 0.05) is 24.3 Å². The first-order chi connectivity index (χ1) is 11.0. The molecule has 4 nitrogen and oxygen atoms in total. The van der Waals surface area contributed by atoms with Gasteiger partial charge in [0.25, 0.3) is 0 Å².